The molecule has 1 aliphatic heterocycles. The molecule has 0 aromatic heterocycles. The highest BCUT2D eigenvalue weighted by Crippen LogP contribution is 2.48. The third kappa shape index (κ3) is 2.93. The zero-order valence-electron chi connectivity index (χ0n) is 13.0. The van der Waals surface area contributed by atoms with E-state index < -0.39 is 0 Å². The molecule has 1 heterocycles. The molecule has 0 radical (unpaired) electrons. The first-order valence-electron chi connectivity index (χ1n) is 6.80. The summed E-state index contributed by atoms with van der Waals surface area (Å²) in [5.74, 6) is 0. The van der Waals surface area contributed by atoms with E-state index >= 15 is 0 Å². The van der Waals surface area contributed by atoms with Crippen LogP contribution in [-0.2, 0) is 4.74 Å². The zero-order chi connectivity index (χ0) is 13.5. The molecule has 1 heteroatoms. The van der Waals surface area contributed by atoms with Gasteiger partial charge in [0.15, 0.2) is 0 Å². The van der Waals surface area contributed by atoms with Crippen molar-refractivity contribution in [3.8, 4) is 0 Å². The van der Waals surface area contributed by atoms with Crippen LogP contribution in [0, 0.1) is 16.2 Å². The number of hydrogen-bond donors (Lipinski definition) is 0. The van der Waals surface area contributed by atoms with E-state index in [1.54, 1.807) is 0 Å². The van der Waals surface area contributed by atoms with Crippen LogP contribution in [0.3, 0.4) is 0 Å². The van der Waals surface area contributed by atoms with Gasteiger partial charge >= 0.3 is 0 Å². The molecule has 0 aromatic rings. The smallest absolute Gasteiger partial charge is 0.0846 e. The van der Waals surface area contributed by atoms with Gasteiger partial charge in [0.2, 0.25) is 0 Å². The van der Waals surface area contributed by atoms with Crippen LogP contribution >= 0.6 is 0 Å². The quantitative estimate of drug-likeness (QED) is 0.595. The van der Waals surface area contributed by atoms with Gasteiger partial charge in [0.1, 0.15) is 0 Å². The molecule has 0 spiro atoms. The normalized spacial score (nSPS) is 23.5. The number of hydrogen-bond acceptors (Lipinski definition) is 1. The summed E-state index contributed by atoms with van der Waals surface area (Å²) in [6.07, 6.45) is 3.71. The minimum atomic E-state index is 0.145. The second-order valence-electron chi connectivity index (χ2n) is 7.92. The molecule has 0 fully saturated rings. The van der Waals surface area contributed by atoms with Crippen LogP contribution in [0.1, 0.15) is 61.8 Å². The standard InChI is InChI=1S/C16H30O/c1-14(2,3)12-10-9-11-17-13(12)16(7,8)15(4,5)6/h10,13H,9,11H2,1-8H3. The molecular formula is C16H30O. The van der Waals surface area contributed by atoms with Crippen LogP contribution in [0.25, 0.3) is 0 Å². The van der Waals surface area contributed by atoms with Crippen molar-refractivity contribution in [2.24, 2.45) is 16.2 Å². The van der Waals surface area contributed by atoms with Gasteiger partial charge in [0.25, 0.3) is 0 Å². The fraction of sp³-hybridized carbons (Fsp3) is 0.875. The van der Waals surface area contributed by atoms with E-state index in [0.29, 0.717) is 0 Å². The van der Waals surface area contributed by atoms with Crippen molar-refractivity contribution in [1.29, 1.82) is 0 Å². The third-order valence-corrected chi connectivity index (χ3v) is 4.50. The second-order valence-corrected chi connectivity index (χ2v) is 7.92. The summed E-state index contributed by atoms with van der Waals surface area (Å²) >= 11 is 0. The average molecular weight is 238 g/mol. The summed E-state index contributed by atoms with van der Waals surface area (Å²) in [5.41, 5.74) is 2.06. The van der Waals surface area contributed by atoms with Gasteiger partial charge < -0.3 is 4.74 Å². The van der Waals surface area contributed by atoms with Crippen molar-refractivity contribution in [1.82, 2.24) is 0 Å². The predicted octanol–water partition coefficient (Wildman–Crippen LogP) is 4.82. The van der Waals surface area contributed by atoms with Crippen LogP contribution < -0.4 is 0 Å². The van der Waals surface area contributed by atoms with Crippen LogP contribution in [0.15, 0.2) is 11.6 Å². The average Bonchev–Trinajstić information content (AvgIpc) is 2.14. The van der Waals surface area contributed by atoms with Gasteiger partial charge in [-0.1, -0.05) is 61.5 Å². The lowest BCUT2D eigenvalue weighted by Gasteiger charge is -2.49. The highest BCUT2D eigenvalue weighted by Gasteiger charge is 2.45. The monoisotopic (exact) mass is 238 g/mol. The molecule has 1 nitrogen and oxygen atoms in total. The lowest BCUT2D eigenvalue weighted by Crippen LogP contribution is -2.47. The summed E-state index contributed by atoms with van der Waals surface area (Å²) in [5, 5.41) is 0. The van der Waals surface area contributed by atoms with Crippen molar-refractivity contribution >= 4 is 0 Å². The molecule has 1 aliphatic rings. The van der Waals surface area contributed by atoms with Crippen molar-refractivity contribution < 1.29 is 4.74 Å². The van der Waals surface area contributed by atoms with E-state index in [1.165, 1.54) is 5.57 Å². The first kappa shape index (κ1) is 14.8. The minimum absolute atomic E-state index is 0.145. The first-order chi connectivity index (χ1) is 7.48. The zero-order valence-corrected chi connectivity index (χ0v) is 13.0. The molecule has 1 unspecified atom stereocenters. The fourth-order valence-corrected chi connectivity index (χ4v) is 2.29. The Bertz CT molecular complexity index is 296. The van der Waals surface area contributed by atoms with E-state index in [0.717, 1.165) is 13.0 Å². The Kier molecular flexibility index (Phi) is 3.84. The maximum atomic E-state index is 6.14. The highest BCUT2D eigenvalue weighted by molar-refractivity contribution is 5.22. The molecule has 0 saturated carbocycles. The van der Waals surface area contributed by atoms with Crippen molar-refractivity contribution in [3.05, 3.63) is 11.6 Å². The van der Waals surface area contributed by atoms with E-state index in [4.69, 9.17) is 4.74 Å². The van der Waals surface area contributed by atoms with Crippen LogP contribution in [0.5, 0.6) is 0 Å². The largest absolute Gasteiger partial charge is 0.373 e. The summed E-state index contributed by atoms with van der Waals surface area (Å²) in [6, 6.07) is 0. The molecule has 0 bridgehead atoms. The third-order valence-electron chi connectivity index (χ3n) is 4.50. The summed E-state index contributed by atoms with van der Waals surface area (Å²) < 4.78 is 6.14. The number of ether oxygens (including phenoxy) is 1. The summed E-state index contributed by atoms with van der Waals surface area (Å²) in [7, 11) is 0. The summed E-state index contributed by atoms with van der Waals surface area (Å²) in [4.78, 5) is 0. The molecule has 0 N–H and O–H groups in total. The Morgan fingerprint density at radius 2 is 1.53 bits per heavy atom. The fourth-order valence-electron chi connectivity index (χ4n) is 2.29. The minimum Gasteiger partial charge on any atom is -0.373 e. The lowest BCUT2D eigenvalue weighted by atomic mass is 9.61. The molecule has 1 atom stereocenters. The second kappa shape index (κ2) is 4.42. The van der Waals surface area contributed by atoms with E-state index in [2.05, 4.69) is 61.5 Å². The molecule has 100 valence electrons. The molecule has 0 aromatic carbocycles. The van der Waals surface area contributed by atoms with E-state index in [-0.39, 0.29) is 22.3 Å². The van der Waals surface area contributed by atoms with Gasteiger partial charge in [-0.3, -0.25) is 0 Å². The summed E-state index contributed by atoms with van der Waals surface area (Å²) in [6.45, 7) is 19.3. The van der Waals surface area contributed by atoms with Crippen molar-refractivity contribution in [2.45, 2.75) is 67.9 Å². The molecule has 17 heavy (non-hydrogen) atoms. The highest BCUT2D eigenvalue weighted by atomic mass is 16.5. The van der Waals surface area contributed by atoms with E-state index in [9.17, 15) is 0 Å². The molecular weight excluding hydrogens is 208 g/mol. The van der Waals surface area contributed by atoms with Gasteiger partial charge in [0.05, 0.1) is 12.7 Å². The maximum Gasteiger partial charge on any atom is 0.0846 e. The SMILES string of the molecule is CC(C)(C)C1=CCCOC1C(C)(C)C(C)(C)C. The van der Waals surface area contributed by atoms with Crippen molar-refractivity contribution in [2.75, 3.05) is 6.61 Å². The number of rotatable bonds is 1. The molecule has 0 saturated heterocycles. The Hall–Kier alpha value is -0.300. The van der Waals surface area contributed by atoms with Gasteiger partial charge in [-0.15, -0.1) is 0 Å². The predicted molar refractivity (Wildman–Crippen MR) is 75.1 cm³/mol. The van der Waals surface area contributed by atoms with Crippen LogP contribution in [0.2, 0.25) is 0 Å². The molecule has 0 amide bonds. The van der Waals surface area contributed by atoms with Crippen molar-refractivity contribution in [3.63, 3.8) is 0 Å². The Labute approximate surface area is 108 Å². The molecule has 1 rings (SSSR count). The lowest BCUT2D eigenvalue weighted by molar-refractivity contribution is -0.0673. The van der Waals surface area contributed by atoms with Gasteiger partial charge in [-0.25, -0.2) is 0 Å². The first-order valence-corrected chi connectivity index (χ1v) is 6.80. The Morgan fingerprint density at radius 1 is 1.00 bits per heavy atom. The van der Waals surface area contributed by atoms with Gasteiger partial charge in [0, 0.05) is 0 Å². The van der Waals surface area contributed by atoms with Crippen LogP contribution in [0.4, 0.5) is 0 Å². The Balaban J connectivity index is 3.12. The topological polar surface area (TPSA) is 9.23 Å². The van der Waals surface area contributed by atoms with E-state index in [1.807, 2.05) is 0 Å². The van der Waals surface area contributed by atoms with Gasteiger partial charge in [-0.05, 0) is 28.2 Å². The maximum absolute atomic E-state index is 6.14. The van der Waals surface area contributed by atoms with Crippen LogP contribution in [-0.4, -0.2) is 12.7 Å². The van der Waals surface area contributed by atoms with Gasteiger partial charge in [-0.2, -0.15) is 0 Å². The Morgan fingerprint density at radius 3 is 1.94 bits per heavy atom. The molecule has 0 aliphatic carbocycles.